The number of hydrogen-bond acceptors (Lipinski definition) is 7. The van der Waals surface area contributed by atoms with Crippen LogP contribution in [0.1, 0.15) is 27.4 Å². The van der Waals surface area contributed by atoms with E-state index in [1.807, 2.05) is 0 Å². The monoisotopic (exact) mass is 312 g/mol. The SMILES string of the molecule is COC(=O)c1cn(CCC(F)Cn2cc(C(=O)O)nn2)nn1. The van der Waals surface area contributed by atoms with Gasteiger partial charge in [-0.25, -0.2) is 18.7 Å². The summed E-state index contributed by atoms with van der Waals surface area (Å²) in [6.45, 7) is 0.0739. The number of carbonyl (C=O) groups excluding carboxylic acids is 1. The van der Waals surface area contributed by atoms with Crippen molar-refractivity contribution in [1.29, 1.82) is 0 Å². The molecule has 2 rings (SSSR count). The highest BCUT2D eigenvalue weighted by Gasteiger charge is 2.14. The van der Waals surface area contributed by atoms with Gasteiger partial charge in [0.25, 0.3) is 0 Å². The van der Waals surface area contributed by atoms with Gasteiger partial charge in [-0.05, 0) is 0 Å². The first-order valence-corrected chi connectivity index (χ1v) is 6.25. The molecule has 0 spiro atoms. The van der Waals surface area contributed by atoms with Crippen molar-refractivity contribution < 1.29 is 23.8 Å². The van der Waals surface area contributed by atoms with Gasteiger partial charge in [0, 0.05) is 13.0 Å². The van der Waals surface area contributed by atoms with Gasteiger partial charge in [0.05, 0.1) is 26.0 Å². The van der Waals surface area contributed by atoms with Crippen LogP contribution in [0, 0.1) is 0 Å². The molecule has 11 heteroatoms. The quantitative estimate of drug-likeness (QED) is 0.696. The number of carbonyl (C=O) groups is 2. The number of methoxy groups -OCH3 is 1. The molecule has 2 aromatic rings. The van der Waals surface area contributed by atoms with E-state index in [-0.39, 0.29) is 30.9 Å². The molecule has 1 N–H and O–H groups in total. The summed E-state index contributed by atoms with van der Waals surface area (Å²) < 4.78 is 20.8. The molecule has 10 nitrogen and oxygen atoms in total. The number of aromatic carboxylic acids is 1. The number of carboxylic acids is 1. The number of carboxylic acid groups (broad SMARTS) is 1. The summed E-state index contributed by atoms with van der Waals surface area (Å²) in [6.07, 6.45) is 1.32. The molecule has 118 valence electrons. The lowest BCUT2D eigenvalue weighted by atomic mass is 10.3. The van der Waals surface area contributed by atoms with Gasteiger partial charge >= 0.3 is 11.9 Å². The molecular formula is C11H13FN6O4. The van der Waals surface area contributed by atoms with E-state index in [0.717, 1.165) is 10.9 Å². The van der Waals surface area contributed by atoms with Crippen molar-refractivity contribution >= 4 is 11.9 Å². The zero-order valence-corrected chi connectivity index (χ0v) is 11.6. The predicted molar refractivity (Wildman–Crippen MR) is 67.9 cm³/mol. The van der Waals surface area contributed by atoms with Gasteiger partial charge in [-0.2, -0.15) is 0 Å². The third-order valence-corrected chi connectivity index (χ3v) is 2.75. The smallest absolute Gasteiger partial charge is 0.360 e. The van der Waals surface area contributed by atoms with E-state index >= 15 is 0 Å². The van der Waals surface area contributed by atoms with Crippen molar-refractivity contribution in [1.82, 2.24) is 30.0 Å². The molecule has 0 bridgehead atoms. The maximum absolute atomic E-state index is 13.8. The number of hydrogen-bond donors (Lipinski definition) is 1. The van der Waals surface area contributed by atoms with Crippen molar-refractivity contribution in [3.63, 3.8) is 0 Å². The van der Waals surface area contributed by atoms with Crippen LogP contribution in [-0.4, -0.2) is 60.3 Å². The van der Waals surface area contributed by atoms with Crippen LogP contribution in [0.4, 0.5) is 4.39 Å². The summed E-state index contributed by atoms with van der Waals surface area (Å²) in [7, 11) is 1.22. The van der Waals surface area contributed by atoms with E-state index in [9.17, 15) is 14.0 Å². The number of ether oxygens (including phenoxy) is 1. The highest BCUT2D eigenvalue weighted by atomic mass is 19.1. The fourth-order valence-corrected chi connectivity index (χ4v) is 1.66. The summed E-state index contributed by atoms with van der Waals surface area (Å²) in [5.74, 6) is -1.84. The molecule has 0 aliphatic rings. The van der Waals surface area contributed by atoms with E-state index in [2.05, 4.69) is 25.4 Å². The first kappa shape index (κ1) is 15.5. The molecule has 0 amide bonds. The molecule has 1 atom stereocenters. The number of nitrogens with zero attached hydrogens (tertiary/aromatic N) is 6. The Morgan fingerprint density at radius 3 is 2.55 bits per heavy atom. The molecule has 0 saturated carbocycles. The van der Waals surface area contributed by atoms with E-state index in [0.29, 0.717) is 0 Å². The van der Waals surface area contributed by atoms with E-state index in [4.69, 9.17) is 5.11 Å². The second-order valence-corrected chi connectivity index (χ2v) is 4.38. The minimum absolute atomic E-state index is 0.0419. The molecule has 0 radical (unpaired) electrons. The third kappa shape index (κ3) is 3.84. The Labute approximate surface area is 123 Å². The lowest BCUT2D eigenvalue weighted by Crippen LogP contribution is -2.15. The van der Waals surface area contributed by atoms with Gasteiger partial charge in [0.2, 0.25) is 0 Å². The third-order valence-electron chi connectivity index (χ3n) is 2.75. The topological polar surface area (TPSA) is 125 Å². The Balaban J connectivity index is 1.84. The molecule has 22 heavy (non-hydrogen) atoms. The second kappa shape index (κ2) is 6.74. The lowest BCUT2D eigenvalue weighted by Gasteiger charge is -2.07. The summed E-state index contributed by atoms with van der Waals surface area (Å²) in [5, 5.41) is 22.9. The van der Waals surface area contributed by atoms with Crippen LogP contribution in [-0.2, 0) is 17.8 Å². The first-order chi connectivity index (χ1) is 10.5. The van der Waals surface area contributed by atoms with Crippen LogP contribution in [0.15, 0.2) is 12.4 Å². The Morgan fingerprint density at radius 1 is 1.27 bits per heavy atom. The molecular weight excluding hydrogens is 299 g/mol. The van der Waals surface area contributed by atoms with E-state index < -0.39 is 18.1 Å². The van der Waals surface area contributed by atoms with E-state index in [1.54, 1.807) is 0 Å². The Morgan fingerprint density at radius 2 is 1.91 bits per heavy atom. The van der Waals surface area contributed by atoms with Gasteiger partial charge in [0.15, 0.2) is 11.4 Å². The predicted octanol–water partition coefficient (Wildman–Crippen LogP) is -0.217. The fraction of sp³-hybridized carbons (Fsp3) is 0.455. The average Bonchev–Trinajstić information content (AvgIpc) is 3.13. The maximum atomic E-state index is 13.8. The Bertz CT molecular complexity index is 669. The Hall–Kier alpha value is -2.85. The van der Waals surface area contributed by atoms with Crippen LogP contribution in [0.25, 0.3) is 0 Å². The molecule has 0 aliphatic heterocycles. The molecule has 0 saturated heterocycles. The Kier molecular flexibility index (Phi) is 4.76. The minimum Gasteiger partial charge on any atom is -0.476 e. The summed E-state index contributed by atoms with van der Waals surface area (Å²) in [6, 6.07) is 0. The van der Waals surface area contributed by atoms with Gasteiger partial charge in [0.1, 0.15) is 6.17 Å². The summed E-state index contributed by atoms with van der Waals surface area (Å²) in [4.78, 5) is 21.8. The van der Waals surface area contributed by atoms with Crippen LogP contribution >= 0.6 is 0 Å². The second-order valence-electron chi connectivity index (χ2n) is 4.38. The molecule has 1 unspecified atom stereocenters. The van der Waals surface area contributed by atoms with Crippen LogP contribution in [0.3, 0.4) is 0 Å². The highest BCUT2D eigenvalue weighted by Crippen LogP contribution is 2.05. The summed E-state index contributed by atoms with van der Waals surface area (Å²) >= 11 is 0. The average molecular weight is 312 g/mol. The molecule has 0 aliphatic carbocycles. The molecule has 2 aromatic heterocycles. The van der Waals surface area contributed by atoms with Gasteiger partial charge in [-0.1, -0.05) is 10.4 Å². The normalized spacial score (nSPS) is 12.1. The largest absolute Gasteiger partial charge is 0.476 e. The highest BCUT2D eigenvalue weighted by molar-refractivity contribution is 5.86. The van der Waals surface area contributed by atoms with Gasteiger partial charge in [-0.15, -0.1) is 10.2 Å². The maximum Gasteiger partial charge on any atom is 0.360 e. The number of alkyl halides is 1. The number of esters is 1. The van der Waals surface area contributed by atoms with Crippen molar-refractivity contribution in [3.05, 3.63) is 23.8 Å². The number of rotatable bonds is 7. The molecule has 0 aromatic carbocycles. The van der Waals surface area contributed by atoms with Crippen molar-refractivity contribution in [2.45, 2.75) is 25.7 Å². The van der Waals surface area contributed by atoms with Crippen molar-refractivity contribution in [2.75, 3.05) is 7.11 Å². The van der Waals surface area contributed by atoms with Crippen LogP contribution in [0.5, 0.6) is 0 Å². The zero-order valence-electron chi connectivity index (χ0n) is 11.6. The van der Waals surface area contributed by atoms with E-state index in [1.165, 1.54) is 18.0 Å². The standard InChI is InChI=1S/C11H13FN6O4/c1-22-11(21)9-6-17(15-14-9)3-2-7(12)4-18-5-8(10(19)20)13-16-18/h5-7H,2-4H2,1H3,(H,19,20). The van der Waals surface area contributed by atoms with Gasteiger partial charge < -0.3 is 9.84 Å². The van der Waals surface area contributed by atoms with Crippen LogP contribution in [0.2, 0.25) is 0 Å². The molecule has 2 heterocycles. The number of aromatic nitrogens is 6. The lowest BCUT2D eigenvalue weighted by molar-refractivity contribution is 0.0593. The van der Waals surface area contributed by atoms with Gasteiger partial charge in [-0.3, -0.25) is 4.68 Å². The zero-order chi connectivity index (χ0) is 16.1. The first-order valence-electron chi connectivity index (χ1n) is 6.25. The van der Waals surface area contributed by atoms with Crippen molar-refractivity contribution in [2.24, 2.45) is 0 Å². The minimum atomic E-state index is -1.28. The molecule has 0 fully saturated rings. The fourth-order valence-electron chi connectivity index (χ4n) is 1.66. The van der Waals surface area contributed by atoms with Crippen molar-refractivity contribution in [3.8, 4) is 0 Å². The summed E-state index contributed by atoms with van der Waals surface area (Å²) in [5.41, 5.74) is -0.202. The number of halogens is 1. The number of aryl methyl sites for hydroxylation is 1. The van der Waals surface area contributed by atoms with Crippen LogP contribution < -0.4 is 0 Å².